The van der Waals surface area contributed by atoms with Gasteiger partial charge in [0.2, 0.25) is 6.79 Å². The summed E-state index contributed by atoms with van der Waals surface area (Å²) >= 11 is 0. The number of carbonyl (C=O) groups excluding carboxylic acids is 1. The second-order valence-corrected chi connectivity index (χ2v) is 7.70. The summed E-state index contributed by atoms with van der Waals surface area (Å²) in [7, 11) is 0. The Balaban J connectivity index is 1.30. The van der Waals surface area contributed by atoms with Crippen LogP contribution in [0, 0.1) is 12.8 Å². The summed E-state index contributed by atoms with van der Waals surface area (Å²) in [6, 6.07) is 13.4. The Morgan fingerprint density at radius 2 is 2.03 bits per heavy atom. The van der Waals surface area contributed by atoms with Crippen molar-refractivity contribution < 1.29 is 23.7 Å². The molecule has 2 aromatic rings. The van der Waals surface area contributed by atoms with E-state index in [1.54, 1.807) is 25.1 Å². The summed E-state index contributed by atoms with van der Waals surface area (Å²) in [4.78, 5) is 14.8. The lowest BCUT2D eigenvalue weighted by Crippen LogP contribution is -2.46. The molecule has 29 heavy (non-hydrogen) atoms. The van der Waals surface area contributed by atoms with Gasteiger partial charge >= 0.3 is 0 Å². The van der Waals surface area contributed by atoms with Crippen LogP contribution in [0.3, 0.4) is 0 Å². The topological polar surface area (TPSA) is 57.2 Å². The largest absolute Gasteiger partial charge is 0.493 e. The van der Waals surface area contributed by atoms with E-state index in [0.29, 0.717) is 36.3 Å². The van der Waals surface area contributed by atoms with E-state index in [1.807, 2.05) is 23.1 Å². The van der Waals surface area contributed by atoms with Gasteiger partial charge in [-0.15, -0.1) is 0 Å². The highest BCUT2D eigenvalue weighted by molar-refractivity contribution is 5.81. The highest BCUT2D eigenvalue weighted by atomic mass is 16.7. The fourth-order valence-corrected chi connectivity index (χ4v) is 3.78. The third-order valence-corrected chi connectivity index (χ3v) is 5.31. The summed E-state index contributed by atoms with van der Waals surface area (Å²) in [6.07, 6.45) is 1.48. The van der Waals surface area contributed by atoms with Crippen LogP contribution in [0.4, 0.5) is 0 Å². The second-order valence-electron chi connectivity index (χ2n) is 7.70. The molecule has 2 atom stereocenters. The first-order valence-electron chi connectivity index (χ1n) is 10.1. The molecule has 2 aliphatic heterocycles. The Bertz CT molecular complexity index is 868. The number of rotatable bonds is 6. The molecule has 0 aliphatic carbocycles. The van der Waals surface area contributed by atoms with Crippen LogP contribution >= 0.6 is 0 Å². The zero-order valence-electron chi connectivity index (χ0n) is 16.9. The number of benzene rings is 2. The smallest absolute Gasteiger partial charge is 0.263 e. The van der Waals surface area contributed by atoms with Crippen molar-refractivity contribution in [2.75, 3.05) is 26.5 Å². The normalized spacial score (nSPS) is 19.0. The zero-order valence-corrected chi connectivity index (χ0v) is 16.9. The zero-order chi connectivity index (χ0) is 20.2. The van der Waals surface area contributed by atoms with Crippen molar-refractivity contribution in [3.05, 3.63) is 48.0 Å². The predicted molar refractivity (Wildman–Crippen MR) is 109 cm³/mol. The molecule has 1 saturated heterocycles. The highest BCUT2D eigenvalue weighted by Gasteiger charge is 2.28. The molecule has 0 unspecified atom stereocenters. The lowest BCUT2D eigenvalue weighted by molar-refractivity contribution is -0.140. The number of fused-ring (bicyclic) bond motifs is 1. The van der Waals surface area contributed by atoms with Gasteiger partial charge in [-0.2, -0.15) is 0 Å². The summed E-state index contributed by atoms with van der Waals surface area (Å²) in [5, 5.41) is 0. The monoisotopic (exact) mass is 397 g/mol. The number of piperidine rings is 1. The standard InChI is InChI=1S/C23H27NO5/c1-16-5-3-7-19(11-16)26-14-18-6-4-10-24(13-18)23(25)17(2)29-20-8-9-21-22(12-20)28-15-27-21/h3,5,7-9,11-12,17-18H,4,6,10,13-15H2,1-2H3/t17-,18+/m1/s1. The summed E-state index contributed by atoms with van der Waals surface area (Å²) < 4.78 is 22.5. The van der Waals surface area contributed by atoms with Crippen LogP contribution in [0.1, 0.15) is 25.3 Å². The van der Waals surface area contributed by atoms with Crippen molar-refractivity contribution in [1.82, 2.24) is 4.90 Å². The van der Waals surface area contributed by atoms with Crippen molar-refractivity contribution in [3.63, 3.8) is 0 Å². The van der Waals surface area contributed by atoms with E-state index in [1.165, 1.54) is 5.56 Å². The molecule has 0 bridgehead atoms. The predicted octanol–water partition coefficient (Wildman–Crippen LogP) is 3.81. The molecule has 0 radical (unpaired) electrons. The van der Waals surface area contributed by atoms with Crippen LogP contribution in [0.15, 0.2) is 42.5 Å². The molecule has 0 saturated carbocycles. The lowest BCUT2D eigenvalue weighted by Gasteiger charge is -2.34. The van der Waals surface area contributed by atoms with Crippen molar-refractivity contribution in [3.8, 4) is 23.0 Å². The molecular weight excluding hydrogens is 370 g/mol. The minimum Gasteiger partial charge on any atom is -0.493 e. The molecule has 2 aromatic carbocycles. The van der Waals surface area contributed by atoms with Crippen LogP contribution in [-0.4, -0.2) is 43.4 Å². The number of nitrogens with zero attached hydrogens (tertiary/aromatic N) is 1. The van der Waals surface area contributed by atoms with Crippen LogP contribution in [0.25, 0.3) is 0 Å². The average molecular weight is 397 g/mol. The van der Waals surface area contributed by atoms with Crippen LogP contribution < -0.4 is 18.9 Å². The molecule has 2 aliphatic rings. The summed E-state index contributed by atoms with van der Waals surface area (Å²) in [6.45, 7) is 6.13. The van der Waals surface area contributed by atoms with Gasteiger partial charge in [-0.25, -0.2) is 0 Å². The van der Waals surface area contributed by atoms with Gasteiger partial charge < -0.3 is 23.8 Å². The molecule has 4 rings (SSSR count). The Hall–Kier alpha value is -2.89. The molecular formula is C23H27NO5. The number of aryl methyl sites for hydroxylation is 1. The van der Waals surface area contributed by atoms with E-state index in [4.69, 9.17) is 18.9 Å². The van der Waals surface area contributed by atoms with E-state index in [9.17, 15) is 4.79 Å². The SMILES string of the molecule is Cc1cccc(OC[C@H]2CCCN(C(=O)[C@@H](C)Oc3ccc4c(c3)OCO4)C2)c1. The number of hydrogen-bond donors (Lipinski definition) is 0. The molecule has 1 amide bonds. The Kier molecular flexibility index (Phi) is 5.79. The second kappa shape index (κ2) is 8.64. The first kappa shape index (κ1) is 19.4. The van der Waals surface area contributed by atoms with Crippen LogP contribution in [0.5, 0.6) is 23.0 Å². The van der Waals surface area contributed by atoms with Gasteiger partial charge in [0, 0.05) is 25.1 Å². The highest BCUT2D eigenvalue weighted by Crippen LogP contribution is 2.35. The number of likely N-dealkylation sites (tertiary alicyclic amines) is 1. The number of ether oxygens (including phenoxy) is 4. The first-order valence-corrected chi connectivity index (χ1v) is 10.1. The van der Waals surface area contributed by atoms with Crippen molar-refractivity contribution in [2.45, 2.75) is 32.8 Å². The van der Waals surface area contributed by atoms with Crippen molar-refractivity contribution in [1.29, 1.82) is 0 Å². The fraction of sp³-hybridized carbons (Fsp3) is 0.435. The molecule has 154 valence electrons. The maximum atomic E-state index is 12.9. The first-order chi connectivity index (χ1) is 14.1. The van der Waals surface area contributed by atoms with Crippen LogP contribution in [-0.2, 0) is 4.79 Å². The van der Waals surface area contributed by atoms with Crippen LogP contribution in [0.2, 0.25) is 0 Å². The molecule has 0 aromatic heterocycles. The van der Waals surface area contributed by atoms with Gasteiger partial charge in [0.15, 0.2) is 17.6 Å². The maximum Gasteiger partial charge on any atom is 0.263 e. The van der Waals surface area contributed by atoms with E-state index in [0.717, 1.165) is 25.1 Å². The summed E-state index contributed by atoms with van der Waals surface area (Å²) in [5.41, 5.74) is 1.18. The Labute approximate surface area is 171 Å². The Morgan fingerprint density at radius 1 is 1.17 bits per heavy atom. The molecule has 1 fully saturated rings. The van der Waals surface area contributed by atoms with E-state index in [2.05, 4.69) is 13.0 Å². The lowest BCUT2D eigenvalue weighted by atomic mass is 9.98. The van der Waals surface area contributed by atoms with Crippen molar-refractivity contribution >= 4 is 5.91 Å². The fourth-order valence-electron chi connectivity index (χ4n) is 3.78. The van der Waals surface area contributed by atoms with Crippen molar-refractivity contribution in [2.24, 2.45) is 5.92 Å². The van der Waals surface area contributed by atoms with Gasteiger partial charge in [-0.3, -0.25) is 4.79 Å². The molecule has 0 N–H and O–H groups in total. The third-order valence-electron chi connectivity index (χ3n) is 5.31. The third kappa shape index (κ3) is 4.75. The minimum absolute atomic E-state index is 0.00271. The van der Waals surface area contributed by atoms with Gasteiger partial charge in [0.1, 0.15) is 11.5 Å². The Morgan fingerprint density at radius 3 is 2.90 bits per heavy atom. The molecule has 6 nitrogen and oxygen atoms in total. The maximum absolute atomic E-state index is 12.9. The summed E-state index contributed by atoms with van der Waals surface area (Å²) in [5.74, 6) is 3.16. The molecule has 6 heteroatoms. The quantitative estimate of drug-likeness (QED) is 0.742. The molecule has 0 spiro atoms. The van der Waals surface area contributed by atoms with Gasteiger partial charge in [0.05, 0.1) is 6.61 Å². The minimum atomic E-state index is -0.563. The van der Waals surface area contributed by atoms with E-state index >= 15 is 0 Å². The molecule has 2 heterocycles. The van der Waals surface area contributed by atoms with Gasteiger partial charge in [-0.05, 0) is 56.5 Å². The number of amides is 1. The van der Waals surface area contributed by atoms with E-state index < -0.39 is 6.10 Å². The average Bonchev–Trinajstić information content (AvgIpc) is 3.20. The van der Waals surface area contributed by atoms with E-state index in [-0.39, 0.29) is 12.7 Å². The number of hydrogen-bond acceptors (Lipinski definition) is 5. The number of carbonyl (C=O) groups is 1. The van der Waals surface area contributed by atoms with Gasteiger partial charge in [-0.1, -0.05) is 12.1 Å². The van der Waals surface area contributed by atoms with Gasteiger partial charge in [0.25, 0.3) is 5.91 Å².